The van der Waals surface area contributed by atoms with Gasteiger partial charge in [-0.1, -0.05) is 24.8 Å². The number of aromatic amines is 1. The number of benzene rings is 1. The van der Waals surface area contributed by atoms with E-state index in [0.29, 0.717) is 29.7 Å². The van der Waals surface area contributed by atoms with Gasteiger partial charge in [0.2, 0.25) is 5.91 Å². The van der Waals surface area contributed by atoms with E-state index in [1.165, 1.54) is 11.8 Å². The van der Waals surface area contributed by atoms with E-state index in [1.807, 2.05) is 19.1 Å². The van der Waals surface area contributed by atoms with Gasteiger partial charge in [-0.2, -0.15) is 0 Å². The number of hydrogen-bond acceptors (Lipinski definition) is 6. The number of amides is 1. The maximum Gasteiger partial charge on any atom is 0.343 e. The molecule has 26 heavy (non-hydrogen) atoms. The van der Waals surface area contributed by atoms with Crippen molar-refractivity contribution >= 4 is 17.7 Å². The zero-order valence-corrected chi connectivity index (χ0v) is 16.2. The molecule has 2 rings (SSSR count). The van der Waals surface area contributed by atoms with Crippen LogP contribution in [0.2, 0.25) is 0 Å². The number of ether oxygens (including phenoxy) is 2. The van der Waals surface area contributed by atoms with E-state index in [0.717, 1.165) is 12.0 Å². The summed E-state index contributed by atoms with van der Waals surface area (Å²) in [5.74, 6) is 1.11. The van der Waals surface area contributed by atoms with Crippen molar-refractivity contribution in [2.45, 2.75) is 43.8 Å². The van der Waals surface area contributed by atoms with E-state index in [9.17, 15) is 9.59 Å². The highest BCUT2D eigenvalue weighted by atomic mass is 32.2. The summed E-state index contributed by atoms with van der Waals surface area (Å²) in [4.78, 5) is 24.1. The number of methoxy groups -OCH3 is 2. The smallest absolute Gasteiger partial charge is 0.343 e. The molecular weight excluding hydrogens is 356 g/mol. The van der Waals surface area contributed by atoms with Crippen LogP contribution in [0.4, 0.5) is 0 Å². The SMILES string of the molecule is CCCn1c(S[C@H](C)C(=O)NCc2ccc(OC)c(OC)c2)n[nH]c1=O. The number of carbonyl (C=O) groups excluding carboxylic acids is 1. The average molecular weight is 380 g/mol. The number of hydrogen-bond donors (Lipinski definition) is 2. The zero-order valence-electron chi connectivity index (χ0n) is 15.4. The van der Waals surface area contributed by atoms with Crippen molar-refractivity contribution in [3.8, 4) is 11.5 Å². The third-order valence-corrected chi connectivity index (χ3v) is 4.83. The molecule has 0 spiro atoms. The Hall–Kier alpha value is -2.42. The Morgan fingerprint density at radius 2 is 2.08 bits per heavy atom. The summed E-state index contributed by atoms with van der Waals surface area (Å²) in [5, 5.41) is 9.44. The number of carbonyl (C=O) groups is 1. The monoisotopic (exact) mass is 380 g/mol. The molecule has 8 nitrogen and oxygen atoms in total. The van der Waals surface area contributed by atoms with Crippen molar-refractivity contribution in [3.63, 3.8) is 0 Å². The second-order valence-electron chi connectivity index (χ2n) is 5.63. The predicted octanol–water partition coefficient (Wildman–Crippen LogP) is 1.80. The van der Waals surface area contributed by atoms with Crippen LogP contribution in [0.15, 0.2) is 28.2 Å². The molecule has 0 saturated carbocycles. The van der Waals surface area contributed by atoms with Gasteiger partial charge in [0.05, 0.1) is 19.5 Å². The third-order valence-electron chi connectivity index (χ3n) is 3.74. The van der Waals surface area contributed by atoms with Crippen molar-refractivity contribution in [1.29, 1.82) is 0 Å². The number of thioether (sulfide) groups is 1. The molecule has 0 saturated heterocycles. The van der Waals surface area contributed by atoms with Gasteiger partial charge in [0.15, 0.2) is 16.7 Å². The van der Waals surface area contributed by atoms with Crippen LogP contribution in [0.25, 0.3) is 0 Å². The molecular formula is C17H24N4O4S. The second-order valence-corrected chi connectivity index (χ2v) is 6.94. The molecule has 0 aliphatic carbocycles. The van der Waals surface area contributed by atoms with Gasteiger partial charge in [0.25, 0.3) is 0 Å². The van der Waals surface area contributed by atoms with Crippen molar-refractivity contribution in [2.75, 3.05) is 14.2 Å². The Morgan fingerprint density at radius 1 is 1.35 bits per heavy atom. The lowest BCUT2D eigenvalue weighted by Crippen LogP contribution is -2.30. The van der Waals surface area contributed by atoms with Gasteiger partial charge in [-0.05, 0) is 31.0 Å². The Balaban J connectivity index is 1.96. The number of H-pyrrole nitrogens is 1. The molecule has 1 atom stereocenters. The van der Waals surface area contributed by atoms with Crippen molar-refractivity contribution in [2.24, 2.45) is 0 Å². The largest absolute Gasteiger partial charge is 0.493 e. The molecule has 1 aromatic heterocycles. The first-order valence-corrected chi connectivity index (χ1v) is 9.18. The van der Waals surface area contributed by atoms with Gasteiger partial charge in [-0.15, -0.1) is 5.10 Å². The Kier molecular flexibility index (Phi) is 7.14. The predicted molar refractivity (Wildman–Crippen MR) is 99.9 cm³/mol. The van der Waals surface area contributed by atoms with E-state index in [-0.39, 0.29) is 16.8 Å². The Bertz CT molecular complexity index is 802. The molecule has 0 aliphatic heterocycles. The van der Waals surface area contributed by atoms with Gasteiger partial charge in [0.1, 0.15) is 0 Å². The van der Waals surface area contributed by atoms with Crippen LogP contribution < -0.4 is 20.5 Å². The topological polar surface area (TPSA) is 98.2 Å². The summed E-state index contributed by atoms with van der Waals surface area (Å²) in [6.45, 7) is 4.70. The Morgan fingerprint density at radius 3 is 2.73 bits per heavy atom. The van der Waals surface area contributed by atoms with Gasteiger partial charge in [-0.25, -0.2) is 9.89 Å². The van der Waals surface area contributed by atoms with Crippen LogP contribution in [0.3, 0.4) is 0 Å². The number of aromatic nitrogens is 3. The van der Waals surface area contributed by atoms with Gasteiger partial charge in [-0.3, -0.25) is 9.36 Å². The van der Waals surface area contributed by atoms with Crippen LogP contribution in [-0.2, 0) is 17.9 Å². The minimum absolute atomic E-state index is 0.136. The summed E-state index contributed by atoms with van der Waals surface area (Å²) >= 11 is 1.25. The number of rotatable bonds is 9. The summed E-state index contributed by atoms with van der Waals surface area (Å²) in [6, 6.07) is 5.49. The number of nitrogens with one attached hydrogen (secondary N) is 2. The van der Waals surface area contributed by atoms with E-state index in [1.54, 1.807) is 31.8 Å². The van der Waals surface area contributed by atoms with Crippen LogP contribution in [0.1, 0.15) is 25.8 Å². The quantitative estimate of drug-likeness (QED) is 0.644. The van der Waals surface area contributed by atoms with Gasteiger partial charge < -0.3 is 14.8 Å². The van der Waals surface area contributed by atoms with E-state index in [4.69, 9.17) is 9.47 Å². The minimum Gasteiger partial charge on any atom is -0.493 e. The minimum atomic E-state index is -0.388. The molecule has 142 valence electrons. The summed E-state index contributed by atoms with van der Waals surface area (Å²) in [6.07, 6.45) is 0.812. The number of nitrogens with zero attached hydrogens (tertiary/aromatic N) is 2. The van der Waals surface area contributed by atoms with Crippen molar-refractivity contribution < 1.29 is 14.3 Å². The van der Waals surface area contributed by atoms with Crippen LogP contribution in [-0.4, -0.2) is 40.1 Å². The fourth-order valence-corrected chi connectivity index (χ4v) is 3.26. The van der Waals surface area contributed by atoms with Crippen LogP contribution >= 0.6 is 11.8 Å². The Labute approximate surface area is 156 Å². The van der Waals surface area contributed by atoms with Gasteiger partial charge >= 0.3 is 5.69 Å². The molecule has 1 aromatic carbocycles. The fourth-order valence-electron chi connectivity index (χ4n) is 2.35. The molecule has 2 N–H and O–H groups in total. The molecule has 2 aromatic rings. The first kappa shape index (κ1) is 19.9. The van der Waals surface area contributed by atoms with E-state index >= 15 is 0 Å². The first-order chi connectivity index (χ1) is 12.5. The highest BCUT2D eigenvalue weighted by Gasteiger charge is 2.18. The molecule has 0 bridgehead atoms. The average Bonchev–Trinajstić information content (AvgIpc) is 2.99. The summed E-state index contributed by atoms with van der Waals surface area (Å²) < 4.78 is 12.0. The zero-order chi connectivity index (χ0) is 19.1. The lowest BCUT2D eigenvalue weighted by atomic mass is 10.2. The highest BCUT2D eigenvalue weighted by Crippen LogP contribution is 2.27. The molecule has 1 amide bonds. The van der Waals surface area contributed by atoms with Crippen LogP contribution in [0, 0.1) is 0 Å². The maximum absolute atomic E-state index is 12.4. The third kappa shape index (κ3) is 4.81. The molecule has 0 unspecified atom stereocenters. The highest BCUT2D eigenvalue weighted by molar-refractivity contribution is 8.00. The van der Waals surface area contributed by atoms with Gasteiger partial charge in [0, 0.05) is 13.1 Å². The maximum atomic E-state index is 12.4. The van der Waals surface area contributed by atoms with E-state index in [2.05, 4.69) is 15.5 Å². The first-order valence-electron chi connectivity index (χ1n) is 8.30. The summed E-state index contributed by atoms with van der Waals surface area (Å²) in [5.41, 5.74) is 0.642. The lowest BCUT2D eigenvalue weighted by Gasteiger charge is -2.13. The molecule has 1 heterocycles. The van der Waals surface area contributed by atoms with Crippen LogP contribution in [0.5, 0.6) is 11.5 Å². The lowest BCUT2D eigenvalue weighted by molar-refractivity contribution is -0.120. The molecule has 0 radical (unpaired) electrons. The molecule has 9 heteroatoms. The normalized spacial score (nSPS) is 11.8. The standard InChI is InChI=1S/C17H24N4O4S/c1-5-8-21-16(23)19-20-17(21)26-11(2)15(22)18-10-12-6-7-13(24-3)14(9-12)25-4/h6-7,9,11H,5,8,10H2,1-4H3,(H,18,22)(H,19,23)/t11-/m1/s1. The summed E-state index contributed by atoms with van der Waals surface area (Å²) in [7, 11) is 3.14. The fraction of sp³-hybridized carbons (Fsp3) is 0.471. The molecule has 0 fully saturated rings. The van der Waals surface area contributed by atoms with Crippen molar-refractivity contribution in [3.05, 3.63) is 34.2 Å². The van der Waals surface area contributed by atoms with E-state index < -0.39 is 0 Å². The molecule has 0 aliphatic rings. The van der Waals surface area contributed by atoms with Crippen molar-refractivity contribution in [1.82, 2.24) is 20.1 Å². The second kappa shape index (κ2) is 9.33.